The van der Waals surface area contributed by atoms with Crippen molar-refractivity contribution in [2.75, 3.05) is 5.88 Å². The molecule has 23 heavy (non-hydrogen) atoms. The summed E-state index contributed by atoms with van der Waals surface area (Å²) in [5.41, 5.74) is -0.310. The van der Waals surface area contributed by atoms with E-state index in [0.717, 1.165) is 21.9 Å². The molecule has 10 heterocycles. The fourth-order valence-corrected chi connectivity index (χ4v) is 95.9. The molecule has 5 atom stereocenters. The minimum atomic E-state index is -3.56. The van der Waals surface area contributed by atoms with Gasteiger partial charge in [0.05, 0.1) is 0 Å². The van der Waals surface area contributed by atoms with Crippen LogP contribution in [-0.2, 0) is 16.0 Å². The number of ether oxygens (including phenoxy) is 1. The molecule has 5 unspecified atom stereocenters. The molecule has 0 aromatic carbocycles. The summed E-state index contributed by atoms with van der Waals surface area (Å²) < 4.78 is 6.96. The molecule has 10 rings (SSSR count). The second kappa shape index (κ2) is 1.11. The van der Waals surface area contributed by atoms with Crippen LogP contribution in [0.3, 0.4) is 0 Å². The van der Waals surface area contributed by atoms with E-state index in [2.05, 4.69) is 20.8 Å². The number of fused-ring (bicyclic) bond motifs is 10. The summed E-state index contributed by atoms with van der Waals surface area (Å²) in [6.45, 7) is 2.64. The Morgan fingerprint density at radius 2 is 1.65 bits per heavy atom. The van der Waals surface area contributed by atoms with Crippen molar-refractivity contribution >= 4 is 17.6 Å². The molecule has 0 N–H and O–H groups in total. The number of hydrogen-bond acceptors (Lipinski definition) is 2. The quantitative estimate of drug-likeness (QED) is 0.260. The molecule has 10 aliphatic heterocycles. The number of halogens is 1. The summed E-state index contributed by atoms with van der Waals surface area (Å²) >= 11 is 5.99. The Morgan fingerprint density at radius 1 is 1.04 bits per heavy atom. The fraction of sp³-hybridized carbons (Fsp3) is 0.947. The molecule has 0 saturated carbocycles. The normalized spacial score (nSPS) is 95.0. The van der Waals surface area contributed by atoms with Gasteiger partial charge in [0.15, 0.2) is 0 Å². The van der Waals surface area contributed by atoms with Crippen molar-refractivity contribution in [1.82, 2.24) is 0 Å². The van der Waals surface area contributed by atoms with Gasteiger partial charge in [0.25, 0.3) is 0 Å². The molecule has 0 aromatic heterocycles. The van der Waals surface area contributed by atoms with E-state index >= 15 is 0 Å². The fourth-order valence-electron chi connectivity index (χ4n) is 19.1. The Bertz CT molecular complexity index is 1140. The molecule has 10 saturated heterocycles. The van der Waals surface area contributed by atoms with Crippen molar-refractivity contribution in [3.8, 4) is 0 Å². The van der Waals surface area contributed by atoms with E-state index in [1.807, 2.05) is 0 Å². The first-order valence-electron chi connectivity index (χ1n) is 9.63. The third-order valence-corrected chi connectivity index (χ3v) is 60.5. The van der Waals surface area contributed by atoms with Crippen LogP contribution in [0.15, 0.2) is 0 Å². The third-order valence-electron chi connectivity index (χ3n) is 16.8. The zero-order chi connectivity index (χ0) is 15.5. The Labute approximate surface area is 132 Å². The van der Waals surface area contributed by atoms with Gasteiger partial charge in [-0.1, -0.05) is 0 Å². The van der Waals surface area contributed by atoms with Gasteiger partial charge in [-0.05, 0) is 0 Å². The number of unbranched alkanes of at least 4 members (excludes halogenated alkanes) is 1. The van der Waals surface area contributed by atoms with Crippen LogP contribution in [-0.4, -0.2) is 17.5 Å². The molecule has 0 aliphatic carbocycles. The summed E-state index contributed by atoms with van der Waals surface area (Å²) in [7, 11) is 0. The van der Waals surface area contributed by atoms with Gasteiger partial charge in [0.1, 0.15) is 0 Å². The monoisotopic (exact) mass is 376 g/mol. The number of carbonyl (C=O) groups excluding carboxylic acids is 1. The van der Waals surface area contributed by atoms with Crippen molar-refractivity contribution in [2.24, 2.45) is 0 Å². The van der Waals surface area contributed by atoms with E-state index in [1.165, 1.54) is 41.7 Å². The van der Waals surface area contributed by atoms with Crippen molar-refractivity contribution in [3.05, 3.63) is 0 Å². The molecular weight excluding hydrogens is 352 g/mol. The van der Waals surface area contributed by atoms with Crippen LogP contribution in [0.4, 0.5) is 0 Å². The zero-order valence-corrected chi connectivity index (χ0v) is 15.9. The Morgan fingerprint density at radius 3 is 2.09 bits per heavy atom. The van der Waals surface area contributed by atoms with E-state index in [1.54, 1.807) is 0 Å². The SMILES string of the molecule is CC(C)(C)OC(=O)[C]12[CH]3[CH]4[CH]5[C]1(CCCCCl)[Fe]45321678[CH]2[CH]1[CH]6[CH]7[CH]28. The topological polar surface area (TPSA) is 26.3 Å². The zero-order valence-electron chi connectivity index (χ0n) is 14.0. The summed E-state index contributed by atoms with van der Waals surface area (Å²) in [4.78, 5) is 22.8. The Kier molecular flexibility index (Phi) is 0.536. The molecule has 128 valence electrons. The molecule has 0 aromatic rings. The van der Waals surface area contributed by atoms with E-state index in [9.17, 15) is 4.79 Å². The average Bonchev–Trinajstić information content (AvgIpc) is 3.40. The van der Waals surface area contributed by atoms with Crippen LogP contribution in [0, 0.1) is 0 Å². The summed E-state index contributed by atoms with van der Waals surface area (Å²) in [6, 6.07) is 0. The number of esters is 1. The molecule has 0 amide bonds. The molecule has 0 radical (unpaired) electrons. The van der Waals surface area contributed by atoms with Gasteiger partial charge in [-0.25, -0.2) is 0 Å². The van der Waals surface area contributed by atoms with Crippen molar-refractivity contribution in [1.29, 1.82) is 0 Å². The van der Waals surface area contributed by atoms with Gasteiger partial charge in [-0.15, -0.1) is 0 Å². The minimum absolute atomic E-state index is 0.200. The molecule has 0 bridgehead atoms. The first-order chi connectivity index (χ1) is 10.6. The Hall–Kier alpha value is 0.279. The first kappa shape index (κ1) is 11.1. The number of carbonyl (C=O) groups is 1. The predicted octanol–water partition coefficient (Wildman–Crippen LogP) is 5.87. The van der Waals surface area contributed by atoms with Crippen molar-refractivity contribution in [3.63, 3.8) is 0 Å². The van der Waals surface area contributed by atoms with Crippen LogP contribution >= 0.6 is 11.6 Å². The van der Waals surface area contributed by atoms with E-state index in [-0.39, 0.29) is 9.91 Å². The summed E-state index contributed by atoms with van der Waals surface area (Å²) in [5, 5.41) is 0. The third kappa shape index (κ3) is 0.154. The number of hydrogen-bond donors (Lipinski definition) is 0. The second-order valence-corrected chi connectivity index (χ2v) is 37.3. The van der Waals surface area contributed by atoms with Gasteiger partial charge in [0.2, 0.25) is 0 Å². The van der Waals surface area contributed by atoms with E-state index in [4.69, 9.17) is 16.3 Å². The number of rotatable bonds is 5. The van der Waals surface area contributed by atoms with Gasteiger partial charge < -0.3 is 0 Å². The molecule has 1 spiro atoms. The van der Waals surface area contributed by atoms with Gasteiger partial charge in [0, 0.05) is 0 Å². The summed E-state index contributed by atoms with van der Waals surface area (Å²) in [5.74, 6) is 1.12. The van der Waals surface area contributed by atoms with Crippen molar-refractivity contribution < 1.29 is 16.0 Å². The van der Waals surface area contributed by atoms with Crippen LogP contribution in [0.2, 0.25) is 47.2 Å². The van der Waals surface area contributed by atoms with Crippen molar-refractivity contribution in [2.45, 2.75) is 92.8 Å². The molecule has 2 nitrogen and oxygen atoms in total. The van der Waals surface area contributed by atoms with E-state index in [0.29, 0.717) is 10.3 Å². The average molecular weight is 377 g/mol. The maximum atomic E-state index is 13.6. The molecule has 4 heteroatoms. The Balaban J connectivity index is 1.29. The number of alkyl halides is 1. The predicted molar refractivity (Wildman–Crippen MR) is 85.8 cm³/mol. The molecule has 10 aliphatic rings. The van der Waals surface area contributed by atoms with Crippen LogP contribution in [0.5, 0.6) is 0 Å². The standard InChI is InChI=1S/C14H20ClO2.C5H5.Fe/c1-14(2,3)17-13(16)12-9-6-8-11(12)7-4-5-10-15;1-2-4-5-3-1;/h6,8-9H,4-5,7,10H2,1-3H3;1-5H;. The first-order valence-corrected chi connectivity index (χ1v) is 16.4. The van der Waals surface area contributed by atoms with Gasteiger partial charge >= 0.3 is 132 Å². The van der Waals surface area contributed by atoms with Crippen LogP contribution in [0.25, 0.3) is 0 Å². The maximum absolute atomic E-state index is 13.6. The van der Waals surface area contributed by atoms with E-state index < -0.39 is 6.51 Å². The molecular formula is C19H25ClFeO2. The summed E-state index contributed by atoms with van der Waals surface area (Å²) in [6.07, 6.45) is 3.81. The van der Waals surface area contributed by atoms with Crippen LogP contribution < -0.4 is 0 Å². The van der Waals surface area contributed by atoms with Crippen LogP contribution in [0.1, 0.15) is 40.0 Å². The molecule has 10 fully saturated rings. The second-order valence-electron chi connectivity index (χ2n) is 13.5. The van der Waals surface area contributed by atoms with Gasteiger partial charge in [-0.2, -0.15) is 0 Å². The van der Waals surface area contributed by atoms with Gasteiger partial charge in [-0.3, -0.25) is 0 Å².